The summed E-state index contributed by atoms with van der Waals surface area (Å²) < 4.78 is 51.1. The number of esters is 4. The van der Waals surface area contributed by atoms with Crippen molar-refractivity contribution in [3.63, 3.8) is 0 Å². The van der Waals surface area contributed by atoms with Gasteiger partial charge in [0.25, 0.3) is 0 Å². The lowest BCUT2D eigenvalue weighted by Gasteiger charge is -2.44. The molecule has 1 fully saturated rings. The fraction of sp³-hybridized carbons (Fsp3) is 0.448. The molecule has 0 aromatic heterocycles. The first-order chi connectivity index (χ1) is 19.7. The van der Waals surface area contributed by atoms with Gasteiger partial charge in [0.2, 0.25) is 0 Å². The number of hydrogen-bond acceptors (Lipinski definition) is 10. The van der Waals surface area contributed by atoms with Gasteiger partial charge in [-0.25, -0.2) is 0 Å². The number of rotatable bonds is 10. The molecule has 10 nitrogen and oxygen atoms in total. The van der Waals surface area contributed by atoms with Crippen LogP contribution in [0.5, 0.6) is 5.75 Å². The van der Waals surface area contributed by atoms with Crippen LogP contribution in [0.3, 0.4) is 0 Å². The molecular formula is C29H33ClO10. The zero-order valence-electron chi connectivity index (χ0n) is 24.8. The summed E-state index contributed by atoms with van der Waals surface area (Å²) in [5.74, 6) is -2.31. The van der Waals surface area contributed by atoms with Crippen molar-refractivity contribution in [2.75, 3.05) is 13.2 Å². The molecule has 40 heavy (non-hydrogen) atoms. The summed E-state index contributed by atoms with van der Waals surface area (Å²) in [5, 5.41) is 0.114. The van der Waals surface area contributed by atoms with Crippen LogP contribution in [0, 0.1) is 0 Å². The molecular weight excluding hydrogens is 544 g/mol. The van der Waals surface area contributed by atoms with E-state index in [0.29, 0.717) is 23.5 Å². The molecule has 3 rings (SSSR count). The van der Waals surface area contributed by atoms with Crippen LogP contribution in [0.25, 0.3) is 0 Å². The molecule has 2 aromatic rings. The van der Waals surface area contributed by atoms with Crippen LogP contribution in [0.2, 0.25) is 5.02 Å². The van der Waals surface area contributed by atoms with Crippen LogP contribution in [0.1, 0.15) is 60.2 Å². The molecule has 1 saturated heterocycles. The lowest BCUT2D eigenvalue weighted by molar-refractivity contribution is -0.254. The number of carbonyl (C=O) groups is 4. The molecule has 0 unspecified atom stereocenters. The first-order valence-electron chi connectivity index (χ1n) is 13.6. The van der Waals surface area contributed by atoms with Crippen molar-refractivity contribution in [2.45, 2.75) is 71.5 Å². The van der Waals surface area contributed by atoms with Crippen LogP contribution in [-0.4, -0.2) is 61.5 Å². The Labute approximate surface area is 240 Å². The zero-order valence-corrected chi connectivity index (χ0v) is 23.6. The second kappa shape index (κ2) is 14.1. The summed E-state index contributed by atoms with van der Waals surface area (Å²) in [6.45, 7) is 6.50. The maximum atomic E-state index is 12.2. The van der Waals surface area contributed by atoms with E-state index in [9.17, 15) is 19.2 Å². The Morgan fingerprint density at radius 1 is 0.850 bits per heavy atom. The van der Waals surface area contributed by atoms with Gasteiger partial charge in [0.1, 0.15) is 24.6 Å². The van der Waals surface area contributed by atoms with E-state index in [1.807, 2.05) is 6.92 Å². The van der Waals surface area contributed by atoms with Gasteiger partial charge >= 0.3 is 23.9 Å². The summed E-state index contributed by atoms with van der Waals surface area (Å²) >= 11 is 6.49. The Bertz CT molecular complexity index is 1300. The number of halogens is 1. The van der Waals surface area contributed by atoms with Gasteiger partial charge in [-0.15, -0.1) is 0 Å². The summed E-state index contributed by atoms with van der Waals surface area (Å²) in [4.78, 5) is 47.9. The largest absolute Gasteiger partial charge is 0.494 e. The van der Waals surface area contributed by atoms with Crippen molar-refractivity contribution in [3.8, 4) is 5.75 Å². The molecule has 0 saturated carbocycles. The number of carbonyl (C=O) groups excluding carboxylic acids is 4. The predicted octanol–water partition coefficient (Wildman–Crippen LogP) is 4.13. The van der Waals surface area contributed by atoms with Crippen LogP contribution in [-0.2, 0) is 49.2 Å². The molecule has 0 spiro atoms. The minimum atomic E-state index is -2.09. The van der Waals surface area contributed by atoms with Gasteiger partial charge in [0, 0.05) is 35.5 Å². The Balaban J connectivity index is 2.12. The van der Waals surface area contributed by atoms with E-state index in [0.717, 1.165) is 20.8 Å². The van der Waals surface area contributed by atoms with Gasteiger partial charge in [0.15, 0.2) is 18.3 Å². The molecule has 5 atom stereocenters. The summed E-state index contributed by atoms with van der Waals surface area (Å²) in [6.07, 6.45) is -8.44. The second-order valence-electron chi connectivity index (χ2n) is 8.94. The minimum Gasteiger partial charge on any atom is -0.494 e. The van der Waals surface area contributed by atoms with E-state index in [2.05, 4.69) is 0 Å². The van der Waals surface area contributed by atoms with Crippen molar-refractivity contribution in [1.29, 1.82) is 0 Å². The molecule has 1 aliphatic heterocycles. The standard InChI is InChI=1S/C29H33ClO10/c1-6-35-23-10-7-20(8-11-23)13-22-14-21(9-12-24(22)30)26-28(38-18(4)33)29(39-19(5)34)27(37-17(3)32)25(40-26)15-36-16(2)31/h7-12,14,25-29H,6,13,15H2,1-5H3/t25-,26+,27-,28+,29+/m1/s1/i13D2. The molecule has 1 heterocycles. The lowest BCUT2D eigenvalue weighted by Crippen LogP contribution is -2.59. The van der Waals surface area contributed by atoms with Crippen molar-refractivity contribution in [3.05, 3.63) is 64.2 Å². The van der Waals surface area contributed by atoms with Gasteiger partial charge in [-0.3, -0.25) is 19.2 Å². The highest BCUT2D eigenvalue weighted by atomic mass is 35.5. The summed E-state index contributed by atoms with van der Waals surface area (Å²) in [6, 6.07) is 10.9. The Kier molecular flexibility index (Phi) is 9.87. The monoisotopic (exact) mass is 578 g/mol. The van der Waals surface area contributed by atoms with Crippen molar-refractivity contribution in [1.82, 2.24) is 0 Å². The quantitative estimate of drug-likeness (QED) is 0.300. The fourth-order valence-corrected chi connectivity index (χ4v) is 4.43. The molecule has 2 aromatic carbocycles. The van der Waals surface area contributed by atoms with Crippen LogP contribution >= 0.6 is 11.6 Å². The summed E-state index contributed by atoms with van der Waals surface area (Å²) in [5.41, 5.74) is 0.687. The van der Waals surface area contributed by atoms with E-state index in [1.165, 1.54) is 19.1 Å². The smallest absolute Gasteiger partial charge is 0.303 e. The van der Waals surface area contributed by atoms with Gasteiger partial charge in [-0.05, 0) is 48.2 Å². The molecule has 0 radical (unpaired) electrons. The highest BCUT2D eigenvalue weighted by Gasteiger charge is 2.52. The lowest BCUT2D eigenvalue weighted by atomic mass is 9.89. The maximum absolute atomic E-state index is 12.2. The predicted molar refractivity (Wildman–Crippen MR) is 143 cm³/mol. The average Bonchev–Trinajstić information content (AvgIpc) is 2.90. The Morgan fingerprint density at radius 2 is 1.45 bits per heavy atom. The van der Waals surface area contributed by atoms with Gasteiger partial charge < -0.3 is 28.4 Å². The zero-order chi connectivity index (χ0) is 31.2. The highest BCUT2D eigenvalue weighted by Crippen LogP contribution is 2.39. The van der Waals surface area contributed by atoms with Crippen LogP contribution < -0.4 is 4.74 Å². The van der Waals surface area contributed by atoms with Crippen molar-refractivity contribution in [2.24, 2.45) is 0 Å². The summed E-state index contributed by atoms with van der Waals surface area (Å²) in [7, 11) is 0. The van der Waals surface area contributed by atoms with E-state index < -0.39 is 60.8 Å². The van der Waals surface area contributed by atoms with Crippen LogP contribution in [0.15, 0.2) is 42.5 Å². The highest BCUT2D eigenvalue weighted by molar-refractivity contribution is 6.31. The minimum absolute atomic E-state index is 0.0821. The van der Waals surface area contributed by atoms with E-state index in [1.54, 1.807) is 30.3 Å². The maximum Gasteiger partial charge on any atom is 0.303 e. The number of hydrogen-bond donors (Lipinski definition) is 0. The van der Waals surface area contributed by atoms with E-state index in [4.69, 9.17) is 42.8 Å². The van der Waals surface area contributed by atoms with Gasteiger partial charge in [0.05, 0.1) is 6.61 Å². The SMILES string of the molecule is [2H]C([2H])(c1ccc(OCC)cc1)c1cc([C@@H]2O[C@H](COC(C)=O)[C@@H](OC(C)=O)[C@H](OC(C)=O)[C@H]2OC(C)=O)ccc1Cl. The number of benzene rings is 2. The Morgan fingerprint density at radius 3 is 2.02 bits per heavy atom. The molecule has 216 valence electrons. The first kappa shape index (κ1) is 27.9. The van der Waals surface area contributed by atoms with Crippen molar-refractivity contribution >= 4 is 35.5 Å². The molecule has 0 bridgehead atoms. The molecule has 0 aliphatic carbocycles. The third kappa shape index (κ3) is 8.43. The second-order valence-corrected chi connectivity index (χ2v) is 9.35. The first-order valence-corrected chi connectivity index (χ1v) is 13.0. The van der Waals surface area contributed by atoms with Crippen LogP contribution in [0.4, 0.5) is 0 Å². The molecule has 11 heteroatoms. The molecule has 1 aliphatic rings. The third-order valence-electron chi connectivity index (χ3n) is 5.75. The third-order valence-corrected chi connectivity index (χ3v) is 6.08. The van der Waals surface area contributed by atoms with Crippen molar-refractivity contribution < 1.29 is 50.3 Å². The van der Waals surface area contributed by atoms with E-state index in [-0.39, 0.29) is 17.2 Å². The van der Waals surface area contributed by atoms with E-state index >= 15 is 0 Å². The fourth-order valence-electron chi connectivity index (χ4n) is 4.27. The molecule has 0 N–H and O–H groups in total. The topological polar surface area (TPSA) is 124 Å². The molecule has 0 amide bonds. The Hall–Kier alpha value is -3.63. The average molecular weight is 579 g/mol. The normalized spacial score (nSPS) is 23.2. The number of ether oxygens (including phenoxy) is 6. The van der Waals surface area contributed by atoms with Gasteiger partial charge in [-0.1, -0.05) is 35.9 Å². The van der Waals surface area contributed by atoms with Gasteiger partial charge in [-0.2, -0.15) is 0 Å².